The van der Waals surface area contributed by atoms with Crippen LogP contribution in [0, 0.1) is 0 Å². The van der Waals surface area contributed by atoms with E-state index >= 15 is 0 Å². The second kappa shape index (κ2) is 8.05. The number of rotatable bonds is 5. The maximum absolute atomic E-state index is 11.9. The van der Waals surface area contributed by atoms with Gasteiger partial charge in [-0.3, -0.25) is 9.59 Å². The van der Waals surface area contributed by atoms with Crippen molar-refractivity contribution in [1.82, 2.24) is 10.4 Å². The van der Waals surface area contributed by atoms with Crippen molar-refractivity contribution >= 4 is 34.9 Å². The molecule has 0 radical (unpaired) electrons. The third-order valence-electron chi connectivity index (χ3n) is 2.80. The van der Waals surface area contributed by atoms with Gasteiger partial charge in [0.15, 0.2) is 0 Å². The van der Waals surface area contributed by atoms with Gasteiger partial charge in [-0.2, -0.15) is 5.10 Å². The average molecular weight is 331 g/mol. The van der Waals surface area contributed by atoms with E-state index in [9.17, 15) is 9.59 Å². The molecular weight excluding hydrogens is 316 g/mol. The summed E-state index contributed by atoms with van der Waals surface area (Å²) in [6.45, 7) is 1.65. The van der Waals surface area contributed by atoms with Crippen LogP contribution in [-0.4, -0.2) is 22.5 Å². The zero-order chi connectivity index (χ0) is 16.7. The lowest BCUT2D eigenvalue weighted by molar-refractivity contribution is -0.115. The zero-order valence-corrected chi connectivity index (χ0v) is 13.2. The van der Waals surface area contributed by atoms with E-state index in [1.165, 1.54) is 0 Å². The van der Waals surface area contributed by atoms with Crippen molar-refractivity contribution in [3.8, 4) is 0 Å². The Morgan fingerprint density at radius 2 is 1.91 bits per heavy atom. The van der Waals surface area contributed by atoms with Crippen LogP contribution >= 0.6 is 11.6 Å². The lowest BCUT2D eigenvalue weighted by Crippen LogP contribution is -2.21. The molecule has 2 aromatic rings. The molecule has 0 saturated heterocycles. The molecule has 1 aromatic carbocycles. The first-order valence-electron chi connectivity index (χ1n) is 6.84. The predicted octanol–water partition coefficient (Wildman–Crippen LogP) is 2.87. The van der Waals surface area contributed by atoms with Gasteiger partial charge in [-0.05, 0) is 43.3 Å². The van der Waals surface area contributed by atoms with E-state index in [-0.39, 0.29) is 18.2 Å². The fourth-order valence-electron chi connectivity index (χ4n) is 1.71. The second-order valence-electron chi connectivity index (χ2n) is 4.73. The van der Waals surface area contributed by atoms with Crippen molar-refractivity contribution < 1.29 is 9.59 Å². The quantitative estimate of drug-likeness (QED) is 0.653. The van der Waals surface area contributed by atoms with Crippen LogP contribution < -0.4 is 10.7 Å². The number of nitrogens with zero attached hydrogens (tertiary/aromatic N) is 2. The third-order valence-corrected chi connectivity index (χ3v) is 3.06. The Bertz CT molecular complexity index is 715. The predicted molar refractivity (Wildman–Crippen MR) is 89.5 cm³/mol. The highest BCUT2D eigenvalue weighted by Gasteiger charge is 2.07. The molecule has 1 heterocycles. The Kier molecular flexibility index (Phi) is 5.82. The van der Waals surface area contributed by atoms with E-state index in [0.717, 1.165) is 0 Å². The molecule has 0 unspecified atom stereocenters. The molecule has 118 valence electrons. The number of benzene rings is 1. The SMILES string of the molecule is CC(CC(=O)Nc1ccccn1)=NNC(=O)c1ccc(Cl)cc1. The number of halogens is 1. The molecule has 0 atom stereocenters. The summed E-state index contributed by atoms with van der Waals surface area (Å²) in [6.07, 6.45) is 1.64. The van der Waals surface area contributed by atoms with Gasteiger partial charge in [0, 0.05) is 22.5 Å². The first kappa shape index (κ1) is 16.6. The maximum Gasteiger partial charge on any atom is 0.271 e. The number of hydrogen-bond acceptors (Lipinski definition) is 4. The molecule has 0 spiro atoms. The van der Waals surface area contributed by atoms with Crippen LogP contribution in [0.25, 0.3) is 0 Å². The van der Waals surface area contributed by atoms with Gasteiger partial charge in [0.2, 0.25) is 5.91 Å². The van der Waals surface area contributed by atoms with Crippen molar-refractivity contribution in [1.29, 1.82) is 0 Å². The van der Waals surface area contributed by atoms with Crippen molar-refractivity contribution in [3.05, 3.63) is 59.2 Å². The number of pyridine rings is 1. The molecule has 2 N–H and O–H groups in total. The van der Waals surface area contributed by atoms with Crippen molar-refractivity contribution in [3.63, 3.8) is 0 Å². The Labute approximate surface area is 138 Å². The number of carbonyl (C=O) groups excluding carboxylic acids is 2. The first-order chi connectivity index (χ1) is 11.0. The topological polar surface area (TPSA) is 83.4 Å². The number of amides is 2. The highest BCUT2D eigenvalue weighted by molar-refractivity contribution is 6.30. The molecule has 0 fully saturated rings. The molecule has 1 aromatic heterocycles. The van der Waals surface area contributed by atoms with E-state index in [2.05, 4.69) is 20.8 Å². The van der Waals surface area contributed by atoms with E-state index in [1.54, 1.807) is 55.6 Å². The van der Waals surface area contributed by atoms with Gasteiger partial charge in [0.05, 0.1) is 6.42 Å². The van der Waals surface area contributed by atoms with Crippen molar-refractivity contribution in [2.45, 2.75) is 13.3 Å². The number of anilines is 1. The molecule has 0 aliphatic carbocycles. The van der Waals surface area contributed by atoms with Crippen LogP contribution in [0.1, 0.15) is 23.7 Å². The molecule has 23 heavy (non-hydrogen) atoms. The number of nitrogens with one attached hydrogen (secondary N) is 2. The summed E-state index contributed by atoms with van der Waals surface area (Å²) in [5.41, 5.74) is 3.30. The maximum atomic E-state index is 11.9. The lowest BCUT2D eigenvalue weighted by Gasteiger charge is -2.04. The lowest BCUT2D eigenvalue weighted by atomic mass is 10.2. The minimum Gasteiger partial charge on any atom is -0.310 e. The molecule has 2 rings (SSSR count). The molecule has 6 nitrogen and oxygen atoms in total. The molecule has 0 aliphatic rings. The summed E-state index contributed by atoms with van der Waals surface area (Å²) in [5.74, 6) is -0.160. The number of hydrogen-bond donors (Lipinski definition) is 2. The van der Waals surface area contributed by atoms with E-state index in [0.29, 0.717) is 22.1 Å². The van der Waals surface area contributed by atoms with Crippen LogP contribution in [0.2, 0.25) is 5.02 Å². The minimum atomic E-state index is -0.369. The van der Waals surface area contributed by atoms with E-state index in [1.807, 2.05) is 0 Å². The van der Waals surface area contributed by atoms with Gasteiger partial charge in [-0.15, -0.1) is 0 Å². The average Bonchev–Trinajstić information content (AvgIpc) is 2.54. The highest BCUT2D eigenvalue weighted by Crippen LogP contribution is 2.09. The second-order valence-corrected chi connectivity index (χ2v) is 5.17. The van der Waals surface area contributed by atoms with Gasteiger partial charge < -0.3 is 5.32 Å². The fraction of sp³-hybridized carbons (Fsp3) is 0.125. The normalized spacial score (nSPS) is 11.0. The molecule has 7 heteroatoms. The monoisotopic (exact) mass is 330 g/mol. The number of carbonyl (C=O) groups is 2. The van der Waals surface area contributed by atoms with Gasteiger partial charge in [-0.1, -0.05) is 17.7 Å². The van der Waals surface area contributed by atoms with Crippen molar-refractivity contribution in [2.24, 2.45) is 5.10 Å². The summed E-state index contributed by atoms with van der Waals surface area (Å²) < 4.78 is 0. The molecule has 2 amide bonds. The van der Waals surface area contributed by atoms with Gasteiger partial charge in [0.1, 0.15) is 5.82 Å². The summed E-state index contributed by atoms with van der Waals surface area (Å²) in [5, 5.41) is 7.10. The number of hydrazone groups is 1. The van der Waals surface area contributed by atoms with Crippen LogP contribution in [0.3, 0.4) is 0 Å². The molecule has 0 bridgehead atoms. The Morgan fingerprint density at radius 3 is 2.57 bits per heavy atom. The highest BCUT2D eigenvalue weighted by atomic mass is 35.5. The summed E-state index contributed by atoms with van der Waals surface area (Å²) in [7, 11) is 0. The van der Waals surface area contributed by atoms with Gasteiger partial charge in [-0.25, -0.2) is 10.4 Å². The van der Waals surface area contributed by atoms with Gasteiger partial charge in [0.25, 0.3) is 5.91 Å². The smallest absolute Gasteiger partial charge is 0.271 e. The van der Waals surface area contributed by atoms with E-state index in [4.69, 9.17) is 11.6 Å². The van der Waals surface area contributed by atoms with Crippen molar-refractivity contribution in [2.75, 3.05) is 5.32 Å². The summed E-state index contributed by atoms with van der Waals surface area (Å²) in [6, 6.07) is 11.6. The standard InChI is InChI=1S/C16H15ClN4O2/c1-11(10-15(22)19-14-4-2-3-9-18-14)20-21-16(23)12-5-7-13(17)8-6-12/h2-9H,10H2,1H3,(H,21,23)(H,18,19,22). The van der Waals surface area contributed by atoms with E-state index < -0.39 is 0 Å². The van der Waals surface area contributed by atoms with Crippen LogP contribution in [0.15, 0.2) is 53.8 Å². The number of aromatic nitrogens is 1. The fourth-order valence-corrected chi connectivity index (χ4v) is 1.83. The molecule has 0 aliphatic heterocycles. The first-order valence-corrected chi connectivity index (χ1v) is 7.22. The Morgan fingerprint density at radius 1 is 1.17 bits per heavy atom. The minimum absolute atomic E-state index is 0.0530. The Balaban J connectivity index is 1.86. The van der Waals surface area contributed by atoms with Crippen LogP contribution in [0.5, 0.6) is 0 Å². The van der Waals surface area contributed by atoms with Crippen LogP contribution in [0.4, 0.5) is 5.82 Å². The summed E-state index contributed by atoms with van der Waals surface area (Å²) in [4.78, 5) is 27.7. The van der Waals surface area contributed by atoms with Crippen LogP contribution in [-0.2, 0) is 4.79 Å². The largest absolute Gasteiger partial charge is 0.310 e. The summed E-state index contributed by atoms with van der Waals surface area (Å²) >= 11 is 5.76. The third kappa shape index (κ3) is 5.52. The molecule has 0 saturated carbocycles. The van der Waals surface area contributed by atoms with Gasteiger partial charge >= 0.3 is 0 Å². The molecular formula is C16H15ClN4O2. The zero-order valence-electron chi connectivity index (χ0n) is 12.4. The Hall–Kier alpha value is -2.73.